The van der Waals surface area contributed by atoms with E-state index in [1.54, 1.807) is 0 Å². The molecule has 1 saturated carbocycles. The van der Waals surface area contributed by atoms with Crippen molar-refractivity contribution in [3.8, 4) is 0 Å². The molecule has 1 rings (SSSR count). The Balaban J connectivity index is 0. The minimum absolute atomic E-state index is 0. The van der Waals surface area contributed by atoms with E-state index in [-0.39, 0.29) is 44.5 Å². The molecule has 2 nitrogen and oxygen atoms in total. The molecule has 0 aromatic carbocycles. The summed E-state index contributed by atoms with van der Waals surface area (Å²) in [5.41, 5.74) is 5.17. The van der Waals surface area contributed by atoms with Gasteiger partial charge in [-0.3, -0.25) is 4.79 Å². The first-order valence-electron chi connectivity index (χ1n) is 7.30. The number of amides is 1. The van der Waals surface area contributed by atoms with Gasteiger partial charge >= 0.3 is 0 Å². The normalized spacial score (nSPS) is 22.5. The van der Waals surface area contributed by atoms with Gasteiger partial charge in [0.1, 0.15) is 0 Å². The largest absolute Gasteiger partial charge is 0.369 e. The molecule has 0 saturated heterocycles. The van der Waals surface area contributed by atoms with Crippen molar-refractivity contribution in [2.45, 2.75) is 59.3 Å². The molecule has 0 spiro atoms. The maximum absolute atomic E-state index is 10.7. The monoisotopic (exact) mass is 342 g/mol. The summed E-state index contributed by atoms with van der Waals surface area (Å²) in [6.07, 6.45) is 6.43. The van der Waals surface area contributed by atoms with Crippen LogP contribution in [-0.4, -0.2) is 5.91 Å². The van der Waals surface area contributed by atoms with Crippen molar-refractivity contribution in [1.29, 1.82) is 0 Å². The standard InChI is InChI=1S/C8H15NO.C8H16.Y/c1-6-2-4-7(5-3-6)8(9)10;1-5-8(6-2)7(3)4;/h6-7H,2-5H2,1H3,(H2,9,10);7-8H,1-2,5-6H2,3-4H3;/q;-2;. The third kappa shape index (κ3) is 10.0. The van der Waals surface area contributed by atoms with E-state index in [0.29, 0.717) is 0 Å². The summed E-state index contributed by atoms with van der Waals surface area (Å²) in [5, 5.41) is 0. The van der Waals surface area contributed by atoms with Gasteiger partial charge in [-0.1, -0.05) is 26.7 Å². The molecule has 3 heteroatoms. The number of carbonyl (C=O) groups excluding carboxylic acids is 1. The number of primary amides is 1. The average molecular weight is 342 g/mol. The molecule has 111 valence electrons. The van der Waals surface area contributed by atoms with Crippen molar-refractivity contribution in [2.24, 2.45) is 29.4 Å². The number of nitrogens with two attached hydrogens (primary N) is 1. The van der Waals surface area contributed by atoms with Crippen LogP contribution < -0.4 is 5.73 Å². The van der Waals surface area contributed by atoms with Gasteiger partial charge in [-0.25, -0.2) is 0 Å². The summed E-state index contributed by atoms with van der Waals surface area (Å²) in [6, 6.07) is 0. The number of rotatable bonds is 4. The van der Waals surface area contributed by atoms with Crippen LogP contribution >= 0.6 is 0 Å². The fraction of sp³-hybridized carbons (Fsp3) is 0.812. The van der Waals surface area contributed by atoms with Gasteiger partial charge in [0, 0.05) is 38.6 Å². The van der Waals surface area contributed by atoms with E-state index in [1.165, 1.54) is 12.8 Å². The molecule has 0 aromatic rings. The molecule has 0 heterocycles. The third-order valence-corrected chi connectivity index (χ3v) is 4.10. The Bertz CT molecular complexity index is 219. The minimum Gasteiger partial charge on any atom is -0.369 e. The van der Waals surface area contributed by atoms with E-state index < -0.39 is 0 Å². The maximum Gasteiger partial charge on any atom is 0.220 e. The smallest absolute Gasteiger partial charge is 0.220 e. The Morgan fingerprint density at radius 1 is 1.16 bits per heavy atom. The Morgan fingerprint density at radius 3 is 1.79 bits per heavy atom. The molecule has 1 radical (unpaired) electrons. The quantitative estimate of drug-likeness (QED) is 0.771. The van der Waals surface area contributed by atoms with Crippen molar-refractivity contribution in [3.63, 3.8) is 0 Å². The second kappa shape index (κ2) is 12.3. The van der Waals surface area contributed by atoms with Gasteiger partial charge in [-0.2, -0.15) is 12.8 Å². The van der Waals surface area contributed by atoms with Gasteiger partial charge in [0.25, 0.3) is 0 Å². The Morgan fingerprint density at radius 2 is 1.58 bits per heavy atom. The first kappa shape index (κ1) is 21.9. The summed E-state index contributed by atoms with van der Waals surface area (Å²) < 4.78 is 0. The van der Waals surface area contributed by atoms with Crippen LogP contribution in [0.3, 0.4) is 0 Å². The first-order valence-corrected chi connectivity index (χ1v) is 7.30. The predicted molar refractivity (Wildman–Crippen MR) is 78.6 cm³/mol. The molecule has 1 fully saturated rings. The zero-order chi connectivity index (χ0) is 14.1. The van der Waals surface area contributed by atoms with Crippen LogP contribution in [0.25, 0.3) is 0 Å². The number of carbonyl (C=O) groups is 1. The summed E-state index contributed by atoms with van der Waals surface area (Å²) >= 11 is 0. The van der Waals surface area contributed by atoms with Gasteiger partial charge in [-0.15, -0.1) is 0 Å². The van der Waals surface area contributed by atoms with E-state index in [1.807, 2.05) is 0 Å². The first-order chi connectivity index (χ1) is 8.42. The summed E-state index contributed by atoms with van der Waals surface area (Å²) in [5.74, 6) is 2.36. The fourth-order valence-electron chi connectivity index (χ4n) is 2.36. The van der Waals surface area contributed by atoms with Gasteiger partial charge in [0.05, 0.1) is 0 Å². The van der Waals surface area contributed by atoms with Crippen LogP contribution in [0.4, 0.5) is 0 Å². The van der Waals surface area contributed by atoms with Crippen molar-refractivity contribution >= 4 is 5.91 Å². The molecule has 0 atom stereocenters. The second-order valence-electron chi connectivity index (χ2n) is 5.94. The van der Waals surface area contributed by atoms with Gasteiger partial charge in [0.2, 0.25) is 5.91 Å². The third-order valence-electron chi connectivity index (χ3n) is 4.10. The van der Waals surface area contributed by atoms with Crippen LogP contribution in [0.5, 0.6) is 0 Å². The molecule has 0 aromatic heterocycles. The maximum atomic E-state index is 10.7. The van der Waals surface area contributed by atoms with Crippen LogP contribution in [-0.2, 0) is 37.5 Å². The Labute approximate surface area is 145 Å². The van der Waals surface area contributed by atoms with Crippen LogP contribution in [0.1, 0.15) is 59.3 Å². The van der Waals surface area contributed by atoms with Gasteiger partial charge < -0.3 is 19.6 Å². The van der Waals surface area contributed by atoms with E-state index in [9.17, 15) is 4.79 Å². The van der Waals surface area contributed by atoms with Crippen molar-refractivity contribution < 1.29 is 37.5 Å². The van der Waals surface area contributed by atoms with Crippen LogP contribution in [0.2, 0.25) is 0 Å². The van der Waals surface area contributed by atoms with Crippen molar-refractivity contribution in [1.82, 2.24) is 0 Å². The van der Waals surface area contributed by atoms with E-state index in [2.05, 4.69) is 34.6 Å². The summed E-state index contributed by atoms with van der Waals surface area (Å²) in [7, 11) is 0. The Kier molecular flexibility index (Phi) is 14.2. The molecule has 1 amide bonds. The van der Waals surface area contributed by atoms with Crippen LogP contribution in [0, 0.1) is 37.5 Å². The SMILES string of the molecule is CC1CCC(C(N)=O)CC1.[CH2-]CC(C[CH2-])C(C)C.[Y]. The molecule has 0 aliphatic heterocycles. The van der Waals surface area contributed by atoms with Crippen LogP contribution in [0.15, 0.2) is 0 Å². The molecule has 0 unspecified atom stereocenters. The molecule has 19 heavy (non-hydrogen) atoms. The van der Waals surface area contributed by atoms with Gasteiger partial charge in [-0.05, 0) is 37.5 Å². The molecule has 0 bridgehead atoms. The predicted octanol–water partition coefficient (Wildman–Crippen LogP) is 4.00. The van der Waals surface area contributed by atoms with Crippen molar-refractivity contribution in [2.75, 3.05) is 0 Å². The summed E-state index contributed by atoms with van der Waals surface area (Å²) in [6.45, 7) is 14.4. The molecular weight excluding hydrogens is 311 g/mol. The fourth-order valence-corrected chi connectivity index (χ4v) is 2.36. The van der Waals surface area contributed by atoms with E-state index >= 15 is 0 Å². The van der Waals surface area contributed by atoms with E-state index in [0.717, 1.165) is 43.4 Å². The topological polar surface area (TPSA) is 43.1 Å². The number of hydrogen-bond acceptors (Lipinski definition) is 1. The molecule has 2 N–H and O–H groups in total. The Hall–Kier alpha value is 0.574. The van der Waals surface area contributed by atoms with Gasteiger partial charge in [0.15, 0.2) is 0 Å². The zero-order valence-corrected chi connectivity index (χ0v) is 15.9. The second-order valence-corrected chi connectivity index (χ2v) is 5.94. The molecular formula is C16H31NOY-2. The molecule has 1 aliphatic carbocycles. The van der Waals surface area contributed by atoms with E-state index in [4.69, 9.17) is 5.73 Å². The zero-order valence-electron chi connectivity index (χ0n) is 13.0. The molecule has 1 aliphatic rings. The average Bonchev–Trinajstić information content (AvgIpc) is 2.31. The number of hydrogen-bond donors (Lipinski definition) is 1. The minimum atomic E-state index is -0.105. The summed E-state index contributed by atoms with van der Waals surface area (Å²) in [4.78, 5) is 10.7. The van der Waals surface area contributed by atoms with Crippen molar-refractivity contribution in [3.05, 3.63) is 13.8 Å².